The lowest BCUT2D eigenvalue weighted by Crippen LogP contribution is -2.20. The summed E-state index contributed by atoms with van der Waals surface area (Å²) in [5.41, 5.74) is 2.00. The molecule has 2 aromatic rings. The van der Waals surface area contributed by atoms with E-state index in [9.17, 15) is 5.11 Å². The van der Waals surface area contributed by atoms with Crippen molar-refractivity contribution >= 4 is 11.6 Å². The van der Waals surface area contributed by atoms with Crippen LogP contribution in [0.1, 0.15) is 23.7 Å². The number of rotatable bonds is 6. The van der Waals surface area contributed by atoms with Crippen LogP contribution in [0.3, 0.4) is 0 Å². The van der Waals surface area contributed by atoms with E-state index in [4.69, 9.17) is 16.0 Å². The lowest BCUT2D eigenvalue weighted by Gasteiger charge is -2.18. The molecule has 0 fully saturated rings. The molecule has 0 aliphatic carbocycles. The highest BCUT2D eigenvalue weighted by Crippen LogP contribution is 2.20. The predicted octanol–water partition coefficient (Wildman–Crippen LogP) is 3.49. The van der Waals surface area contributed by atoms with Gasteiger partial charge in [0.05, 0.1) is 18.6 Å². The Kier molecular flexibility index (Phi) is 5.02. The Morgan fingerprint density at radius 2 is 2.21 bits per heavy atom. The van der Waals surface area contributed by atoms with Crippen molar-refractivity contribution in [2.24, 2.45) is 0 Å². The zero-order valence-corrected chi connectivity index (χ0v) is 11.7. The van der Waals surface area contributed by atoms with Gasteiger partial charge in [-0.15, -0.1) is 0 Å². The number of benzene rings is 1. The molecule has 1 N–H and O–H groups in total. The van der Waals surface area contributed by atoms with Gasteiger partial charge < -0.3 is 14.4 Å². The molecular weight excluding hydrogens is 262 g/mol. The van der Waals surface area contributed by atoms with Gasteiger partial charge in [-0.25, -0.2) is 0 Å². The van der Waals surface area contributed by atoms with E-state index in [1.807, 2.05) is 37.4 Å². The molecule has 0 saturated heterocycles. The fourth-order valence-electron chi connectivity index (χ4n) is 2.00. The third kappa shape index (κ3) is 4.39. The topological polar surface area (TPSA) is 36.6 Å². The molecule has 1 heterocycles. The van der Waals surface area contributed by atoms with Crippen LogP contribution in [0.15, 0.2) is 47.3 Å². The summed E-state index contributed by atoms with van der Waals surface area (Å²) in [6.07, 6.45) is 3.60. The van der Waals surface area contributed by atoms with Crippen molar-refractivity contribution in [3.63, 3.8) is 0 Å². The Bertz CT molecular complexity index is 499. The highest BCUT2D eigenvalue weighted by atomic mass is 35.5. The summed E-state index contributed by atoms with van der Waals surface area (Å²) in [5.74, 6) is 0. The molecule has 0 saturated carbocycles. The van der Waals surface area contributed by atoms with Crippen molar-refractivity contribution in [2.75, 3.05) is 13.6 Å². The maximum atomic E-state index is 10.1. The number of aliphatic hydroxyl groups is 1. The second-order valence-electron chi connectivity index (χ2n) is 4.73. The molecule has 0 bridgehead atoms. The molecule has 0 radical (unpaired) electrons. The van der Waals surface area contributed by atoms with Crippen molar-refractivity contribution in [3.8, 4) is 0 Å². The highest BCUT2D eigenvalue weighted by molar-refractivity contribution is 6.30. The number of hydrogen-bond acceptors (Lipinski definition) is 3. The van der Waals surface area contributed by atoms with Crippen LogP contribution < -0.4 is 0 Å². The number of hydrogen-bond donors (Lipinski definition) is 1. The monoisotopic (exact) mass is 279 g/mol. The quantitative estimate of drug-likeness (QED) is 0.879. The van der Waals surface area contributed by atoms with E-state index < -0.39 is 6.10 Å². The molecular formula is C15H18ClNO2. The molecule has 0 aliphatic rings. The SMILES string of the molecule is CN(CCC(O)c1cccc(Cl)c1)Cc1ccoc1. The fraction of sp³-hybridized carbons (Fsp3) is 0.333. The summed E-state index contributed by atoms with van der Waals surface area (Å²) >= 11 is 5.91. The molecule has 3 nitrogen and oxygen atoms in total. The summed E-state index contributed by atoms with van der Waals surface area (Å²) in [4.78, 5) is 2.15. The van der Waals surface area contributed by atoms with Gasteiger partial charge in [0.1, 0.15) is 0 Å². The van der Waals surface area contributed by atoms with Crippen molar-refractivity contribution in [3.05, 3.63) is 59.0 Å². The Hall–Kier alpha value is -1.29. The van der Waals surface area contributed by atoms with E-state index in [2.05, 4.69) is 4.90 Å². The van der Waals surface area contributed by atoms with E-state index in [-0.39, 0.29) is 0 Å². The van der Waals surface area contributed by atoms with Crippen LogP contribution in [-0.2, 0) is 6.54 Å². The van der Waals surface area contributed by atoms with E-state index in [0.29, 0.717) is 11.4 Å². The van der Waals surface area contributed by atoms with Gasteiger partial charge in [-0.05, 0) is 37.2 Å². The van der Waals surface area contributed by atoms with Crippen LogP contribution in [0.25, 0.3) is 0 Å². The number of halogens is 1. The lowest BCUT2D eigenvalue weighted by molar-refractivity contribution is 0.147. The molecule has 1 aromatic carbocycles. The first-order chi connectivity index (χ1) is 9.15. The van der Waals surface area contributed by atoms with Gasteiger partial charge in [0.15, 0.2) is 0 Å². The van der Waals surface area contributed by atoms with Gasteiger partial charge in [-0.1, -0.05) is 23.7 Å². The summed E-state index contributed by atoms with van der Waals surface area (Å²) in [7, 11) is 2.03. The van der Waals surface area contributed by atoms with Crippen molar-refractivity contribution in [1.82, 2.24) is 4.90 Å². The van der Waals surface area contributed by atoms with Crippen LogP contribution in [0.2, 0.25) is 5.02 Å². The van der Waals surface area contributed by atoms with Crippen molar-refractivity contribution in [1.29, 1.82) is 0 Å². The Labute approximate surface area is 118 Å². The number of furan rings is 1. The van der Waals surface area contributed by atoms with E-state index in [0.717, 1.165) is 24.2 Å². The van der Waals surface area contributed by atoms with Crippen molar-refractivity contribution < 1.29 is 9.52 Å². The van der Waals surface area contributed by atoms with Gasteiger partial charge in [-0.3, -0.25) is 0 Å². The fourth-order valence-corrected chi connectivity index (χ4v) is 2.20. The molecule has 0 aliphatic heterocycles. The first-order valence-electron chi connectivity index (χ1n) is 6.28. The average molecular weight is 280 g/mol. The molecule has 1 atom stereocenters. The third-order valence-electron chi connectivity index (χ3n) is 3.05. The molecule has 2 rings (SSSR count). The van der Waals surface area contributed by atoms with Gasteiger partial charge in [-0.2, -0.15) is 0 Å². The second-order valence-corrected chi connectivity index (χ2v) is 5.17. The largest absolute Gasteiger partial charge is 0.472 e. The Morgan fingerprint density at radius 3 is 2.89 bits per heavy atom. The first kappa shape index (κ1) is 14.1. The minimum Gasteiger partial charge on any atom is -0.472 e. The van der Waals surface area contributed by atoms with Crippen LogP contribution in [0, 0.1) is 0 Å². The lowest BCUT2D eigenvalue weighted by atomic mass is 10.1. The standard InChI is InChI=1S/C15H18ClNO2/c1-17(10-12-6-8-19-11-12)7-5-15(18)13-3-2-4-14(16)9-13/h2-4,6,8-9,11,15,18H,5,7,10H2,1H3. The van der Waals surface area contributed by atoms with Gasteiger partial charge in [0.25, 0.3) is 0 Å². The van der Waals surface area contributed by atoms with Gasteiger partial charge in [0, 0.05) is 23.7 Å². The van der Waals surface area contributed by atoms with Crippen LogP contribution in [0.5, 0.6) is 0 Å². The van der Waals surface area contributed by atoms with Gasteiger partial charge >= 0.3 is 0 Å². The molecule has 102 valence electrons. The van der Waals surface area contributed by atoms with Gasteiger partial charge in [0.2, 0.25) is 0 Å². The summed E-state index contributed by atoms with van der Waals surface area (Å²) in [5, 5.41) is 10.8. The zero-order valence-electron chi connectivity index (χ0n) is 10.9. The Balaban J connectivity index is 1.81. The Morgan fingerprint density at radius 1 is 1.37 bits per heavy atom. The minimum absolute atomic E-state index is 0.481. The molecule has 0 amide bonds. The van der Waals surface area contributed by atoms with Crippen LogP contribution >= 0.6 is 11.6 Å². The minimum atomic E-state index is -0.481. The highest BCUT2D eigenvalue weighted by Gasteiger charge is 2.10. The van der Waals surface area contributed by atoms with Crippen LogP contribution in [-0.4, -0.2) is 23.6 Å². The predicted molar refractivity (Wildman–Crippen MR) is 76.1 cm³/mol. The smallest absolute Gasteiger partial charge is 0.0947 e. The summed E-state index contributed by atoms with van der Waals surface area (Å²) in [6, 6.07) is 9.32. The third-order valence-corrected chi connectivity index (χ3v) is 3.29. The van der Waals surface area contributed by atoms with Crippen molar-refractivity contribution in [2.45, 2.75) is 19.1 Å². The summed E-state index contributed by atoms with van der Waals surface area (Å²) in [6.45, 7) is 1.62. The normalized spacial score (nSPS) is 12.8. The first-order valence-corrected chi connectivity index (χ1v) is 6.66. The molecule has 4 heteroatoms. The van der Waals surface area contributed by atoms with E-state index in [1.165, 1.54) is 0 Å². The molecule has 19 heavy (non-hydrogen) atoms. The maximum Gasteiger partial charge on any atom is 0.0947 e. The van der Waals surface area contributed by atoms with Crippen LogP contribution in [0.4, 0.5) is 0 Å². The van der Waals surface area contributed by atoms with E-state index in [1.54, 1.807) is 12.5 Å². The number of aliphatic hydroxyl groups excluding tert-OH is 1. The second kappa shape index (κ2) is 6.75. The average Bonchev–Trinajstić information content (AvgIpc) is 2.88. The summed E-state index contributed by atoms with van der Waals surface area (Å²) < 4.78 is 5.03. The molecule has 0 spiro atoms. The molecule has 1 unspecified atom stereocenters. The number of nitrogens with zero attached hydrogens (tertiary/aromatic N) is 1. The molecule has 1 aromatic heterocycles. The zero-order chi connectivity index (χ0) is 13.7. The van der Waals surface area contributed by atoms with E-state index >= 15 is 0 Å². The maximum absolute atomic E-state index is 10.1.